The number of amides is 1. The van der Waals surface area contributed by atoms with Crippen LogP contribution in [-0.2, 0) is 6.54 Å². The molecule has 170 valence electrons. The molecule has 1 aromatic heterocycles. The molecule has 2 aliphatic rings. The van der Waals surface area contributed by atoms with Crippen LogP contribution in [0.25, 0.3) is 11.3 Å². The lowest BCUT2D eigenvalue weighted by atomic mass is 10.1. The number of hydrogen-bond donors (Lipinski definition) is 1. The largest absolute Gasteiger partial charge is 0.365 e. The zero-order chi connectivity index (χ0) is 22.9. The van der Waals surface area contributed by atoms with Crippen LogP contribution >= 0.6 is 23.2 Å². The Morgan fingerprint density at radius 3 is 2.55 bits per heavy atom. The molecule has 2 aromatic carbocycles. The van der Waals surface area contributed by atoms with Crippen molar-refractivity contribution < 1.29 is 9.18 Å². The monoisotopic (exact) mass is 485 g/mol. The molecule has 0 unspecified atom stereocenters. The van der Waals surface area contributed by atoms with Crippen molar-refractivity contribution in [1.29, 1.82) is 0 Å². The van der Waals surface area contributed by atoms with Crippen LogP contribution in [0.2, 0.25) is 10.0 Å². The molecule has 0 radical (unpaired) electrons. The SMILES string of the molecule is O=C(c1ccc(-c2cc3c(nn2)NCCN3Cc2c(Cl)ccc(F)c2Cl)cc1)N1CCCC1. The summed E-state index contributed by atoms with van der Waals surface area (Å²) in [6, 6.07) is 12.2. The standard InChI is InChI=1S/C24H22Cl2FN5O/c25-18-7-8-19(27)22(26)17(18)14-32-12-9-28-23-21(32)13-20(29-30-23)15-3-5-16(6-4-15)24(33)31-10-1-2-11-31/h3-8,13H,1-2,9-12,14H2,(H,28,30). The van der Waals surface area contributed by atoms with Crippen LogP contribution in [0.3, 0.4) is 0 Å². The fourth-order valence-corrected chi connectivity index (χ4v) is 4.77. The van der Waals surface area contributed by atoms with Gasteiger partial charge in [0.25, 0.3) is 5.91 Å². The third-order valence-electron chi connectivity index (χ3n) is 6.10. The zero-order valence-electron chi connectivity index (χ0n) is 17.8. The lowest BCUT2D eigenvalue weighted by Crippen LogP contribution is -2.34. The molecule has 0 saturated carbocycles. The van der Waals surface area contributed by atoms with E-state index in [1.165, 1.54) is 12.1 Å². The number of benzene rings is 2. The quantitative estimate of drug-likeness (QED) is 0.510. The highest BCUT2D eigenvalue weighted by Gasteiger charge is 2.23. The molecule has 0 aliphatic carbocycles. The maximum absolute atomic E-state index is 14.0. The van der Waals surface area contributed by atoms with E-state index in [0.717, 1.165) is 37.2 Å². The molecule has 9 heteroatoms. The van der Waals surface area contributed by atoms with E-state index in [1.807, 2.05) is 35.2 Å². The summed E-state index contributed by atoms with van der Waals surface area (Å²) in [5.41, 5.74) is 3.58. The first-order valence-electron chi connectivity index (χ1n) is 10.9. The van der Waals surface area contributed by atoms with Crippen LogP contribution in [0, 0.1) is 5.82 Å². The van der Waals surface area contributed by atoms with Gasteiger partial charge in [-0.3, -0.25) is 4.79 Å². The fourth-order valence-electron chi connectivity index (χ4n) is 4.28. The highest BCUT2D eigenvalue weighted by Crippen LogP contribution is 2.35. The van der Waals surface area contributed by atoms with E-state index in [-0.39, 0.29) is 10.9 Å². The molecular weight excluding hydrogens is 464 g/mol. The summed E-state index contributed by atoms with van der Waals surface area (Å²) >= 11 is 12.5. The van der Waals surface area contributed by atoms with Gasteiger partial charge in [-0.2, -0.15) is 0 Å². The van der Waals surface area contributed by atoms with Gasteiger partial charge in [0.15, 0.2) is 5.82 Å². The number of fused-ring (bicyclic) bond motifs is 1. The molecule has 0 atom stereocenters. The van der Waals surface area contributed by atoms with Crippen molar-refractivity contribution in [3.63, 3.8) is 0 Å². The second-order valence-electron chi connectivity index (χ2n) is 8.21. The Labute approximate surface area is 201 Å². The Kier molecular flexibility index (Phi) is 6.08. The first-order valence-corrected chi connectivity index (χ1v) is 11.7. The third kappa shape index (κ3) is 4.35. The summed E-state index contributed by atoms with van der Waals surface area (Å²) < 4.78 is 14.0. The second kappa shape index (κ2) is 9.15. The normalized spacial score (nSPS) is 15.4. The molecule has 33 heavy (non-hydrogen) atoms. The summed E-state index contributed by atoms with van der Waals surface area (Å²) in [7, 11) is 0. The first kappa shape index (κ1) is 21.9. The van der Waals surface area contributed by atoms with Crippen molar-refractivity contribution in [2.75, 3.05) is 36.4 Å². The lowest BCUT2D eigenvalue weighted by molar-refractivity contribution is 0.0793. The predicted octanol–water partition coefficient (Wildman–Crippen LogP) is 5.26. The average Bonchev–Trinajstić information content (AvgIpc) is 3.39. The number of halogens is 3. The highest BCUT2D eigenvalue weighted by molar-refractivity contribution is 6.36. The maximum Gasteiger partial charge on any atom is 0.253 e. The van der Waals surface area contributed by atoms with E-state index in [2.05, 4.69) is 20.4 Å². The number of aromatic nitrogens is 2. The van der Waals surface area contributed by atoms with E-state index in [0.29, 0.717) is 47.3 Å². The van der Waals surface area contributed by atoms with Crippen molar-refractivity contribution in [3.05, 3.63) is 69.5 Å². The first-order chi connectivity index (χ1) is 16.0. The number of nitrogens with one attached hydrogen (secondary N) is 1. The Morgan fingerprint density at radius 2 is 1.79 bits per heavy atom. The Morgan fingerprint density at radius 1 is 1.03 bits per heavy atom. The van der Waals surface area contributed by atoms with Crippen LogP contribution < -0.4 is 10.2 Å². The molecule has 1 amide bonds. The third-order valence-corrected chi connectivity index (χ3v) is 6.86. The number of anilines is 2. The Bertz CT molecular complexity index is 1200. The summed E-state index contributed by atoms with van der Waals surface area (Å²) in [5, 5.41) is 12.4. The van der Waals surface area contributed by atoms with E-state index >= 15 is 0 Å². The Hall–Kier alpha value is -2.90. The van der Waals surface area contributed by atoms with E-state index in [1.54, 1.807) is 0 Å². The summed E-state index contributed by atoms with van der Waals surface area (Å²) in [5.74, 6) is 0.216. The van der Waals surface area contributed by atoms with Gasteiger partial charge < -0.3 is 15.1 Å². The van der Waals surface area contributed by atoms with E-state index in [9.17, 15) is 9.18 Å². The average molecular weight is 486 g/mol. The highest BCUT2D eigenvalue weighted by atomic mass is 35.5. The zero-order valence-corrected chi connectivity index (χ0v) is 19.3. The maximum atomic E-state index is 14.0. The molecule has 3 heterocycles. The molecule has 1 N–H and O–H groups in total. The van der Waals surface area contributed by atoms with Crippen molar-refractivity contribution in [1.82, 2.24) is 15.1 Å². The van der Waals surface area contributed by atoms with Gasteiger partial charge in [0.2, 0.25) is 0 Å². The van der Waals surface area contributed by atoms with E-state index in [4.69, 9.17) is 23.2 Å². The van der Waals surface area contributed by atoms with Crippen LogP contribution in [0.4, 0.5) is 15.9 Å². The number of carbonyl (C=O) groups excluding carboxylic acids is 1. The van der Waals surface area contributed by atoms with Crippen molar-refractivity contribution in [2.45, 2.75) is 19.4 Å². The number of rotatable bonds is 4. The summed E-state index contributed by atoms with van der Waals surface area (Å²) in [4.78, 5) is 16.6. The lowest BCUT2D eigenvalue weighted by Gasteiger charge is -2.31. The topological polar surface area (TPSA) is 61.4 Å². The number of carbonyl (C=O) groups is 1. The van der Waals surface area contributed by atoms with Gasteiger partial charge in [-0.25, -0.2) is 4.39 Å². The minimum absolute atomic E-state index is 0.0306. The van der Waals surface area contributed by atoms with Gasteiger partial charge in [-0.05, 0) is 43.2 Å². The van der Waals surface area contributed by atoms with Gasteiger partial charge in [-0.1, -0.05) is 35.3 Å². The molecule has 1 fully saturated rings. The minimum Gasteiger partial charge on any atom is -0.365 e. The minimum atomic E-state index is -0.497. The number of nitrogens with zero attached hydrogens (tertiary/aromatic N) is 4. The summed E-state index contributed by atoms with van der Waals surface area (Å²) in [6.07, 6.45) is 2.12. The van der Waals surface area contributed by atoms with Crippen LogP contribution in [-0.4, -0.2) is 47.2 Å². The van der Waals surface area contributed by atoms with Crippen LogP contribution in [0.15, 0.2) is 42.5 Å². The van der Waals surface area contributed by atoms with Crippen LogP contribution in [0.5, 0.6) is 0 Å². The molecule has 6 nitrogen and oxygen atoms in total. The summed E-state index contributed by atoms with van der Waals surface area (Å²) in [6.45, 7) is 3.32. The van der Waals surface area contributed by atoms with Crippen molar-refractivity contribution in [2.24, 2.45) is 0 Å². The number of hydrogen-bond acceptors (Lipinski definition) is 5. The molecule has 5 rings (SSSR count). The van der Waals surface area contributed by atoms with Crippen LogP contribution in [0.1, 0.15) is 28.8 Å². The molecule has 0 bridgehead atoms. The molecule has 3 aromatic rings. The van der Waals surface area contributed by atoms with Crippen molar-refractivity contribution >= 4 is 40.6 Å². The second-order valence-corrected chi connectivity index (χ2v) is 9.00. The van der Waals surface area contributed by atoms with Gasteiger partial charge in [-0.15, -0.1) is 10.2 Å². The molecule has 0 spiro atoms. The molecule has 2 aliphatic heterocycles. The van der Waals surface area contributed by atoms with E-state index < -0.39 is 5.82 Å². The Balaban J connectivity index is 1.42. The van der Waals surface area contributed by atoms with Gasteiger partial charge in [0.05, 0.1) is 16.4 Å². The van der Waals surface area contributed by atoms with Gasteiger partial charge in [0.1, 0.15) is 5.82 Å². The molecular formula is C24H22Cl2FN5O. The predicted molar refractivity (Wildman–Crippen MR) is 129 cm³/mol. The molecule has 1 saturated heterocycles. The number of likely N-dealkylation sites (tertiary alicyclic amines) is 1. The fraction of sp³-hybridized carbons (Fsp3) is 0.292. The smallest absolute Gasteiger partial charge is 0.253 e. The van der Waals surface area contributed by atoms with Crippen molar-refractivity contribution in [3.8, 4) is 11.3 Å². The van der Waals surface area contributed by atoms with Gasteiger partial charge in [0, 0.05) is 54.4 Å². The van der Waals surface area contributed by atoms with Gasteiger partial charge >= 0.3 is 0 Å².